The van der Waals surface area contributed by atoms with Gasteiger partial charge < -0.3 is 5.11 Å². The first-order chi connectivity index (χ1) is 7.34. The molecule has 1 aromatic rings. The van der Waals surface area contributed by atoms with Crippen molar-refractivity contribution in [2.75, 3.05) is 0 Å². The molecule has 3 rings (SSSR count). The molecule has 15 heavy (non-hydrogen) atoms. The Morgan fingerprint density at radius 1 is 1.20 bits per heavy atom. The lowest BCUT2D eigenvalue weighted by Gasteiger charge is -2.26. The molecule has 80 valence electrons. The first-order valence-electron chi connectivity index (χ1n) is 5.77. The third kappa shape index (κ3) is 1.55. The number of aromatic nitrogens is 2. The molecule has 2 bridgehead atoms. The monoisotopic (exact) mass is 204 g/mol. The van der Waals surface area contributed by atoms with E-state index in [4.69, 9.17) is 0 Å². The molecule has 2 saturated carbocycles. The topological polar surface area (TPSA) is 46.0 Å². The average Bonchev–Trinajstić information content (AvgIpc) is 2.91. The molecule has 3 heteroatoms. The molecule has 0 amide bonds. The summed E-state index contributed by atoms with van der Waals surface area (Å²) in [6.07, 6.45) is 9.85. The summed E-state index contributed by atoms with van der Waals surface area (Å²) >= 11 is 0. The zero-order chi connectivity index (χ0) is 10.3. The van der Waals surface area contributed by atoms with Crippen LogP contribution in [0.2, 0.25) is 0 Å². The van der Waals surface area contributed by atoms with Gasteiger partial charge in [0, 0.05) is 18.0 Å². The van der Waals surface area contributed by atoms with Crippen LogP contribution in [0.3, 0.4) is 0 Å². The molecule has 0 saturated heterocycles. The van der Waals surface area contributed by atoms with Crippen LogP contribution < -0.4 is 0 Å². The Hall–Kier alpha value is -0.960. The summed E-state index contributed by atoms with van der Waals surface area (Å²) in [5, 5.41) is 10.3. The highest BCUT2D eigenvalue weighted by atomic mass is 16.3. The number of nitrogens with zero attached hydrogens (tertiary/aromatic N) is 2. The molecular weight excluding hydrogens is 188 g/mol. The Morgan fingerprint density at radius 2 is 2.00 bits per heavy atom. The van der Waals surface area contributed by atoms with Gasteiger partial charge in [-0.1, -0.05) is 6.42 Å². The fourth-order valence-electron chi connectivity index (χ4n) is 3.39. The minimum Gasteiger partial charge on any atom is -0.388 e. The Balaban J connectivity index is 1.78. The van der Waals surface area contributed by atoms with Crippen molar-refractivity contribution in [1.29, 1.82) is 0 Å². The zero-order valence-corrected chi connectivity index (χ0v) is 8.71. The Morgan fingerprint density at radius 3 is 2.60 bits per heavy atom. The van der Waals surface area contributed by atoms with Crippen molar-refractivity contribution in [2.24, 2.45) is 17.8 Å². The van der Waals surface area contributed by atoms with Crippen LogP contribution in [0.5, 0.6) is 0 Å². The molecule has 4 atom stereocenters. The summed E-state index contributed by atoms with van der Waals surface area (Å²) in [6.45, 7) is 0. The van der Waals surface area contributed by atoms with Crippen molar-refractivity contribution >= 4 is 0 Å². The van der Waals surface area contributed by atoms with Crippen molar-refractivity contribution in [2.45, 2.75) is 31.8 Å². The van der Waals surface area contributed by atoms with Gasteiger partial charge in [-0.2, -0.15) is 0 Å². The lowest BCUT2D eigenvalue weighted by molar-refractivity contribution is 0.0739. The second-order valence-electron chi connectivity index (χ2n) is 4.96. The zero-order valence-electron chi connectivity index (χ0n) is 8.71. The van der Waals surface area contributed by atoms with Crippen molar-refractivity contribution in [1.82, 2.24) is 9.97 Å². The van der Waals surface area contributed by atoms with Crippen LogP contribution in [0.25, 0.3) is 0 Å². The largest absolute Gasteiger partial charge is 0.388 e. The van der Waals surface area contributed by atoms with E-state index in [1.165, 1.54) is 32.0 Å². The Bertz CT molecular complexity index is 341. The first-order valence-corrected chi connectivity index (χ1v) is 5.77. The van der Waals surface area contributed by atoms with Crippen LogP contribution in [-0.4, -0.2) is 15.1 Å². The second kappa shape index (κ2) is 3.56. The van der Waals surface area contributed by atoms with E-state index in [0.29, 0.717) is 5.92 Å². The summed E-state index contributed by atoms with van der Waals surface area (Å²) in [6, 6.07) is 0. The van der Waals surface area contributed by atoms with Crippen LogP contribution >= 0.6 is 0 Å². The van der Waals surface area contributed by atoms with Crippen LogP contribution in [-0.2, 0) is 0 Å². The summed E-state index contributed by atoms with van der Waals surface area (Å²) in [5.41, 5.74) is 0.884. The van der Waals surface area contributed by atoms with Crippen molar-refractivity contribution in [3.63, 3.8) is 0 Å². The van der Waals surface area contributed by atoms with E-state index in [1.54, 1.807) is 12.4 Å². The van der Waals surface area contributed by atoms with Gasteiger partial charge in [-0.25, -0.2) is 9.97 Å². The quantitative estimate of drug-likeness (QED) is 0.800. The van der Waals surface area contributed by atoms with E-state index < -0.39 is 0 Å². The Labute approximate surface area is 89.6 Å². The van der Waals surface area contributed by atoms with Gasteiger partial charge >= 0.3 is 0 Å². The standard InChI is InChI=1S/C12H16N2O/c15-12(10-5-13-7-14-6-10)11-4-8-1-2-9(11)3-8/h5-9,11-12,15H,1-4H2. The third-order valence-electron chi connectivity index (χ3n) is 4.12. The molecule has 2 fully saturated rings. The number of aliphatic hydroxyl groups is 1. The maximum absolute atomic E-state index is 10.3. The van der Waals surface area contributed by atoms with E-state index >= 15 is 0 Å². The van der Waals surface area contributed by atoms with Gasteiger partial charge in [0.2, 0.25) is 0 Å². The van der Waals surface area contributed by atoms with E-state index in [2.05, 4.69) is 9.97 Å². The van der Waals surface area contributed by atoms with Crippen LogP contribution in [0.1, 0.15) is 37.4 Å². The molecule has 1 heterocycles. The van der Waals surface area contributed by atoms with E-state index in [0.717, 1.165) is 17.4 Å². The highest BCUT2D eigenvalue weighted by Crippen LogP contribution is 2.52. The molecule has 1 aromatic heterocycles. The predicted octanol–water partition coefficient (Wildman–Crippen LogP) is 1.95. The van der Waals surface area contributed by atoms with Gasteiger partial charge in [-0.05, 0) is 37.0 Å². The van der Waals surface area contributed by atoms with E-state index in [-0.39, 0.29) is 6.10 Å². The molecule has 4 unspecified atom stereocenters. The number of hydrogen-bond acceptors (Lipinski definition) is 3. The lowest BCUT2D eigenvalue weighted by Crippen LogP contribution is -2.19. The number of aliphatic hydroxyl groups excluding tert-OH is 1. The van der Waals surface area contributed by atoms with E-state index in [1.807, 2.05) is 0 Å². The molecule has 1 N–H and O–H groups in total. The minimum atomic E-state index is -0.346. The molecule has 0 aromatic carbocycles. The van der Waals surface area contributed by atoms with Crippen molar-refractivity contribution in [3.8, 4) is 0 Å². The molecule has 2 aliphatic carbocycles. The second-order valence-corrected chi connectivity index (χ2v) is 4.96. The molecule has 3 nitrogen and oxygen atoms in total. The molecule has 0 radical (unpaired) electrons. The predicted molar refractivity (Wildman–Crippen MR) is 55.9 cm³/mol. The SMILES string of the molecule is OC(c1cncnc1)C1CC2CCC1C2. The summed E-state index contributed by atoms with van der Waals surface area (Å²) < 4.78 is 0. The summed E-state index contributed by atoms with van der Waals surface area (Å²) in [5.74, 6) is 2.07. The van der Waals surface area contributed by atoms with Crippen LogP contribution in [0.4, 0.5) is 0 Å². The van der Waals surface area contributed by atoms with E-state index in [9.17, 15) is 5.11 Å². The highest BCUT2D eigenvalue weighted by Gasteiger charge is 2.43. The smallest absolute Gasteiger partial charge is 0.115 e. The number of hydrogen-bond donors (Lipinski definition) is 1. The maximum Gasteiger partial charge on any atom is 0.115 e. The van der Waals surface area contributed by atoms with Gasteiger partial charge in [-0.3, -0.25) is 0 Å². The first kappa shape index (κ1) is 9.28. The molecular formula is C12H16N2O. The number of rotatable bonds is 2. The van der Waals surface area contributed by atoms with Crippen LogP contribution in [0.15, 0.2) is 18.7 Å². The fraction of sp³-hybridized carbons (Fsp3) is 0.667. The van der Waals surface area contributed by atoms with Crippen molar-refractivity contribution < 1.29 is 5.11 Å². The van der Waals surface area contributed by atoms with Gasteiger partial charge in [-0.15, -0.1) is 0 Å². The highest BCUT2D eigenvalue weighted by molar-refractivity contribution is 5.10. The molecule has 2 aliphatic rings. The van der Waals surface area contributed by atoms with Gasteiger partial charge in [0.25, 0.3) is 0 Å². The lowest BCUT2D eigenvalue weighted by atomic mass is 9.83. The van der Waals surface area contributed by atoms with Gasteiger partial charge in [0.05, 0.1) is 6.10 Å². The maximum atomic E-state index is 10.3. The molecule has 0 spiro atoms. The van der Waals surface area contributed by atoms with Crippen molar-refractivity contribution in [3.05, 3.63) is 24.3 Å². The average molecular weight is 204 g/mol. The molecule has 0 aliphatic heterocycles. The van der Waals surface area contributed by atoms with Gasteiger partial charge in [0.1, 0.15) is 6.33 Å². The summed E-state index contributed by atoms with van der Waals surface area (Å²) in [4.78, 5) is 7.94. The fourth-order valence-corrected chi connectivity index (χ4v) is 3.39. The van der Waals surface area contributed by atoms with Gasteiger partial charge in [0.15, 0.2) is 0 Å². The Kier molecular flexibility index (Phi) is 2.20. The third-order valence-corrected chi connectivity index (χ3v) is 4.12. The van der Waals surface area contributed by atoms with Crippen LogP contribution in [0, 0.1) is 17.8 Å². The number of fused-ring (bicyclic) bond motifs is 2. The normalized spacial score (nSPS) is 35.7. The minimum absolute atomic E-state index is 0.346. The summed E-state index contributed by atoms with van der Waals surface area (Å²) in [7, 11) is 0.